The second-order valence-electron chi connectivity index (χ2n) is 6.19. The van der Waals surface area contributed by atoms with E-state index in [0.29, 0.717) is 6.04 Å². The Bertz CT molecular complexity index is 419. The molecule has 0 bridgehead atoms. The van der Waals surface area contributed by atoms with Gasteiger partial charge < -0.3 is 10.6 Å². The van der Waals surface area contributed by atoms with Gasteiger partial charge in [-0.3, -0.25) is 4.90 Å². The average Bonchev–Trinajstić information content (AvgIpc) is 3.16. The molecule has 2 aliphatic rings. The van der Waals surface area contributed by atoms with Gasteiger partial charge in [-0.05, 0) is 37.3 Å². The third-order valence-corrected chi connectivity index (χ3v) is 5.97. The van der Waals surface area contributed by atoms with Crippen LogP contribution in [0.1, 0.15) is 35.6 Å². The van der Waals surface area contributed by atoms with Gasteiger partial charge in [-0.2, -0.15) is 0 Å². The first-order chi connectivity index (χ1) is 9.80. The zero-order valence-corrected chi connectivity index (χ0v) is 13.4. The third kappa shape index (κ3) is 3.42. The molecule has 1 atom stereocenters. The van der Waals surface area contributed by atoms with E-state index in [9.17, 15) is 0 Å². The molecule has 3 rings (SSSR count). The molecule has 20 heavy (non-hydrogen) atoms. The second kappa shape index (κ2) is 6.56. The monoisotopic (exact) mass is 293 g/mol. The van der Waals surface area contributed by atoms with Gasteiger partial charge in [0.15, 0.2) is 0 Å². The maximum atomic E-state index is 6.06. The molecule has 1 unspecified atom stereocenters. The number of nitrogens with two attached hydrogens (primary N) is 1. The van der Waals surface area contributed by atoms with Crippen molar-refractivity contribution in [2.24, 2.45) is 11.7 Å². The van der Waals surface area contributed by atoms with E-state index in [4.69, 9.17) is 5.73 Å². The summed E-state index contributed by atoms with van der Waals surface area (Å²) in [7, 11) is 0. The van der Waals surface area contributed by atoms with Gasteiger partial charge in [0.2, 0.25) is 0 Å². The highest BCUT2D eigenvalue weighted by Crippen LogP contribution is 2.31. The number of nitrogens with zero attached hydrogens (tertiary/aromatic N) is 2. The molecular formula is C16H27N3S. The fourth-order valence-corrected chi connectivity index (χ4v) is 4.23. The summed E-state index contributed by atoms with van der Waals surface area (Å²) < 4.78 is 0. The summed E-state index contributed by atoms with van der Waals surface area (Å²) in [5.74, 6) is 1.01. The van der Waals surface area contributed by atoms with Gasteiger partial charge in [0.1, 0.15) is 0 Å². The van der Waals surface area contributed by atoms with Crippen LogP contribution in [0, 0.1) is 5.92 Å². The number of rotatable bonds is 6. The zero-order chi connectivity index (χ0) is 13.9. The topological polar surface area (TPSA) is 32.5 Å². The van der Waals surface area contributed by atoms with Crippen LogP contribution in [0.25, 0.3) is 0 Å². The Labute approximate surface area is 126 Å². The Morgan fingerprint density at radius 2 is 2.00 bits per heavy atom. The largest absolute Gasteiger partial charge is 0.329 e. The molecule has 0 radical (unpaired) electrons. The van der Waals surface area contributed by atoms with Crippen molar-refractivity contribution in [2.75, 3.05) is 39.3 Å². The van der Waals surface area contributed by atoms with Gasteiger partial charge in [0.25, 0.3) is 0 Å². The van der Waals surface area contributed by atoms with Crippen molar-refractivity contribution in [3.05, 3.63) is 21.9 Å². The molecule has 1 saturated carbocycles. The van der Waals surface area contributed by atoms with Crippen molar-refractivity contribution in [3.8, 4) is 0 Å². The molecule has 4 heteroatoms. The molecular weight excluding hydrogens is 266 g/mol. The summed E-state index contributed by atoms with van der Waals surface area (Å²) in [6, 6.07) is 4.99. The lowest BCUT2D eigenvalue weighted by molar-refractivity contribution is 0.0968. The Morgan fingerprint density at radius 1 is 1.25 bits per heavy atom. The van der Waals surface area contributed by atoms with Crippen LogP contribution in [0.15, 0.2) is 12.1 Å². The van der Waals surface area contributed by atoms with Crippen LogP contribution in [0.2, 0.25) is 0 Å². The molecule has 112 valence electrons. The van der Waals surface area contributed by atoms with Gasteiger partial charge in [0.05, 0.1) is 6.04 Å². The predicted octanol–water partition coefficient (Wildman–Crippen LogP) is 2.34. The molecule has 2 fully saturated rings. The maximum absolute atomic E-state index is 6.06. The van der Waals surface area contributed by atoms with Gasteiger partial charge in [-0.25, -0.2) is 0 Å². The molecule has 2 N–H and O–H groups in total. The Balaban J connectivity index is 1.56. The highest BCUT2D eigenvalue weighted by Gasteiger charge is 2.29. The van der Waals surface area contributed by atoms with E-state index in [-0.39, 0.29) is 0 Å². The minimum atomic E-state index is 0.434. The van der Waals surface area contributed by atoms with Crippen molar-refractivity contribution < 1.29 is 0 Å². The Hall–Kier alpha value is -0.420. The summed E-state index contributed by atoms with van der Waals surface area (Å²) in [6.07, 6.45) is 4.05. The first kappa shape index (κ1) is 14.5. The van der Waals surface area contributed by atoms with Gasteiger partial charge in [-0.15, -0.1) is 11.3 Å². The van der Waals surface area contributed by atoms with E-state index in [1.165, 1.54) is 55.3 Å². The Morgan fingerprint density at radius 3 is 2.55 bits per heavy atom. The predicted molar refractivity (Wildman–Crippen MR) is 86.2 cm³/mol. The molecule has 1 aromatic rings. The van der Waals surface area contributed by atoms with Crippen LogP contribution in [0.5, 0.6) is 0 Å². The maximum Gasteiger partial charge on any atom is 0.0565 e. The smallest absolute Gasteiger partial charge is 0.0565 e. The molecule has 2 heterocycles. The fraction of sp³-hybridized carbons (Fsp3) is 0.750. The van der Waals surface area contributed by atoms with Gasteiger partial charge in [-0.1, -0.05) is 6.92 Å². The molecule has 3 nitrogen and oxygen atoms in total. The molecule has 1 saturated heterocycles. The van der Waals surface area contributed by atoms with Crippen LogP contribution in [0.3, 0.4) is 0 Å². The lowest BCUT2D eigenvalue weighted by atomic mass is 10.1. The number of piperazine rings is 1. The summed E-state index contributed by atoms with van der Waals surface area (Å²) in [6.45, 7) is 9.09. The minimum absolute atomic E-state index is 0.434. The lowest BCUT2D eigenvalue weighted by Crippen LogP contribution is -2.49. The van der Waals surface area contributed by atoms with E-state index in [0.717, 1.165) is 18.9 Å². The standard InChI is InChI=1S/C16H27N3S/c1-2-14-5-6-16(20-14)15(11-17)19-9-7-18(8-10-19)12-13-3-4-13/h5-6,13,15H,2-4,7-12,17H2,1H3. The van der Waals surface area contributed by atoms with E-state index < -0.39 is 0 Å². The Kier molecular flexibility index (Phi) is 4.76. The van der Waals surface area contributed by atoms with E-state index in [1.54, 1.807) is 0 Å². The molecule has 0 aromatic carbocycles. The normalized spacial score (nSPS) is 23.1. The van der Waals surface area contributed by atoms with Crippen molar-refractivity contribution in [2.45, 2.75) is 32.2 Å². The summed E-state index contributed by atoms with van der Waals surface area (Å²) in [5.41, 5.74) is 6.06. The minimum Gasteiger partial charge on any atom is -0.329 e. The molecule has 1 aliphatic carbocycles. The lowest BCUT2D eigenvalue weighted by Gasteiger charge is -2.38. The average molecular weight is 293 g/mol. The van der Waals surface area contributed by atoms with Crippen LogP contribution in [-0.4, -0.2) is 49.1 Å². The fourth-order valence-electron chi connectivity index (χ4n) is 3.13. The van der Waals surface area contributed by atoms with Crippen LogP contribution < -0.4 is 5.73 Å². The number of aryl methyl sites for hydroxylation is 1. The van der Waals surface area contributed by atoms with Crippen molar-refractivity contribution in [1.29, 1.82) is 0 Å². The number of hydrogen-bond acceptors (Lipinski definition) is 4. The quantitative estimate of drug-likeness (QED) is 0.874. The SMILES string of the molecule is CCc1ccc(C(CN)N2CCN(CC3CC3)CC2)s1. The van der Waals surface area contributed by atoms with Crippen LogP contribution in [-0.2, 0) is 6.42 Å². The van der Waals surface area contributed by atoms with Gasteiger partial charge >= 0.3 is 0 Å². The number of hydrogen-bond donors (Lipinski definition) is 1. The summed E-state index contributed by atoms with van der Waals surface area (Å²) in [4.78, 5) is 8.17. The summed E-state index contributed by atoms with van der Waals surface area (Å²) in [5, 5.41) is 0. The highest BCUT2D eigenvalue weighted by atomic mass is 32.1. The molecule has 1 aliphatic heterocycles. The van der Waals surface area contributed by atoms with E-state index in [1.807, 2.05) is 11.3 Å². The molecule has 0 spiro atoms. The van der Waals surface area contributed by atoms with Crippen molar-refractivity contribution in [1.82, 2.24) is 9.80 Å². The number of thiophene rings is 1. The second-order valence-corrected chi connectivity index (χ2v) is 7.39. The first-order valence-corrected chi connectivity index (χ1v) is 8.87. The zero-order valence-electron chi connectivity index (χ0n) is 12.6. The van der Waals surface area contributed by atoms with Crippen LogP contribution >= 0.6 is 11.3 Å². The van der Waals surface area contributed by atoms with Gasteiger partial charge in [0, 0.05) is 49.0 Å². The third-order valence-electron chi connectivity index (χ3n) is 4.64. The van der Waals surface area contributed by atoms with Crippen molar-refractivity contribution in [3.63, 3.8) is 0 Å². The molecule has 0 amide bonds. The molecule has 1 aromatic heterocycles. The van der Waals surface area contributed by atoms with E-state index in [2.05, 4.69) is 28.9 Å². The van der Waals surface area contributed by atoms with Crippen molar-refractivity contribution >= 4 is 11.3 Å². The van der Waals surface area contributed by atoms with Crippen LogP contribution in [0.4, 0.5) is 0 Å². The highest BCUT2D eigenvalue weighted by molar-refractivity contribution is 7.12. The first-order valence-electron chi connectivity index (χ1n) is 8.05. The van der Waals surface area contributed by atoms with E-state index >= 15 is 0 Å². The summed E-state index contributed by atoms with van der Waals surface area (Å²) >= 11 is 1.95.